The quantitative estimate of drug-likeness (QED) is 0.586. The van der Waals surface area contributed by atoms with Crippen molar-refractivity contribution in [2.75, 3.05) is 13.2 Å². The number of amides is 1. The molecule has 2 fully saturated rings. The highest BCUT2D eigenvalue weighted by molar-refractivity contribution is 6.74. The van der Waals surface area contributed by atoms with Gasteiger partial charge in [-0.25, -0.2) is 0 Å². The van der Waals surface area contributed by atoms with Gasteiger partial charge in [0.05, 0.1) is 12.1 Å². The van der Waals surface area contributed by atoms with Gasteiger partial charge >= 0.3 is 0 Å². The molecule has 108 valence electrons. The molecule has 2 saturated heterocycles. The summed E-state index contributed by atoms with van der Waals surface area (Å²) >= 11 is 0. The maximum atomic E-state index is 12.0. The van der Waals surface area contributed by atoms with Crippen LogP contribution in [0.1, 0.15) is 40.0 Å². The normalized spacial score (nSPS) is 28.2. The number of hydrogen-bond donors (Lipinski definition) is 0. The third-order valence-electron chi connectivity index (χ3n) is 5.15. The summed E-state index contributed by atoms with van der Waals surface area (Å²) in [6, 6.07) is 0. The highest BCUT2D eigenvalue weighted by Gasteiger charge is 2.51. The van der Waals surface area contributed by atoms with Gasteiger partial charge < -0.3 is 9.33 Å². The van der Waals surface area contributed by atoms with Gasteiger partial charge in [-0.2, -0.15) is 0 Å². The van der Waals surface area contributed by atoms with Crippen LogP contribution < -0.4 is 0 Å². The molecule has 0 aromatic carbocycles. The van der Waals surface area contributed by atoms with Gasteiger partial charge in [-0.1, -0.05) is 32.9 Å². The van der Waals surface area contributed by atoms with Crippen LogP contribution in [0.25, 0.3) is 0 Å². The molecule has 2 aliphatic heterocycles. The van der Waals surface area contributed by atoms with Crippen LogP contribution in [0.15, 0.2) is 12.2 Å². The number of fused-ring (bicyclic) bond motifs is 1. The first-order valence-electron chi connectivity index (χ1n) is 7.19. The van der Waals surface area contributed by atoms with Crippen molar-refractivity contribution in [3.63, 3.8) is 0 Å². The third kappa shape index (κ3) is 2.52. The van der Waals surface area contributed by atoms with E-state index in [0.717, 1.165) is 19.4 Å². The number of carbonyl (C=O) groups excluding carboxylic acids is 1. The summed E-state index contributed by atoms with van der Waals surface area (Å²) in [7, 11) is -1.75. The molecule has 19 heavy (non-hydrogen) atoms. The second-order valence-corrected chi connectivity index (χ2v) is 12.5. The molecule has 4 heteroatoms. The highest BCUT2D eigenvalue weighted by atomic mass is 28.4. The fourth-order valence-corrected chi connectivity index (χ4v) is 3.85. The van der Waals surface area contributed by atoms with E-state index in [4.69, 9.17) is 4.43 Å². The second kappa shape index (κ2) is 4.45. The molecule has 0 aromatic heterocycles. The van der Waals surface area contributed by atoms with Crippen LogP contribution in [0, 0.1) is 0 Å². The molecule has 3 nitrogen and oxygen atoms in total. The molecular weight excluding hydrogens is 254 g/mol. The molecule has 1 atom stereocenters. The lowest BCUT2D eigenvalue weighted by Crippen LogP contribution is -2.50. The van der Waals surface area contributed by atoms with Crippen LogP contribution in [0.4, 0.5) is 0 Å². The predicted molar refractivity (Wildman–Crippen MR) is 80.6 cm³/mol. The molecule has 0 unspecified atom stereocenters. The van der Waals surface area contributed by atoms with E-state index in [2.05, 4.69) is 40.4 Å². The fraction of sp³-hybridized carbons (Fsp3) is 0.800. The summed E-state index contributed by atoms with van der Waals surface area (Å²) in [5, 5.41) is 0.215. The van der Waals surface area contributed by atoms with Gasteiger partial charge in [0.1, 0.15) is 0 Å². The number of carbonyl (C=O) groups is 1. The molecule has 0 spiro atoms. The van der Waals surface area contributed by atoms with Crippen molar-refractivity contribution in [2.24, 2.45) is 0 Å². The van der Waals surface area contributed by atoms with Gasteiger partial charge in [0, 0.05) is 13.0 Å². The Kier molecular flexibility index (Phi) is 3.46. The molecule has 0 N–H and O–H groups in total. The maximum absolute atomic E-state index is 12.0. The molecular formula is C15H27NO2Si. The van der Waals surface area contributed by atoms with Crippen LogP contribution in [-0.2, 0) is 9.22 Å². The highest BCUT2D eigenvalue weighted by Crippen LogP contribution is 2.44. The van der Waals surface area contributed by atoms with E-state index in [-0.39, 0.29) is 16.5 Å². The lowest BCUT2D eigenvalue weighted by molar-refractivity contribution is -0.130. The zero-order chi connectivity index (χ0) is 14.5. The van der Waals surface area contributed by atoms with Crippen molar-refractivity contribution in [1.29, 1.82) is 0 Å². The second-order valence-electron chi connectivity index (χ2n) is 7.68. The van der Waals surface area contributed by atoms with Crippen LogP contribution in [0.5, 0.6) is 0 Å². The first kappa shape index (κ1) is 14.8. The van der Waals surface area contributed by atoms with E-state index in [0.29, 0.717) is 13.0 Å². The molecule has 0 radical (unpaired) electrons. The van der Waals surface area contributed by atoms with Gasteiger partial charge in [-0.05, 0) is 31.0 Å². The molecule has 0 saturated carbocycles. The molecule has 0 aliphatic carbocycles. The lowest BCUT2D eigenvalue weighted by Gasteiger charge is -2.40. The van der Waals surface area contributed by atoms with Crippen LogP contribution in [-0.4, -0.2) is 37.8 Å². The Balaban J connectivity index is 2.10. The van der Waals surface area contributed by atoms with E-state index >= 15 is 0 Å². The predicted octanol–water partition coefficient (Wildman–Crippen LogP) is 3.33. The Bertz CT molecular complexity index is 411. The minimum Gasteiger partial charge on any atom is -0.414 e. The van der Waals surface area contributed by atoms with Crippen molar-refractivity contribution in [2.45, 2.75) is 63.7 Å². The molecule has 2 rings (SSSR count). The molecule has 0 aromatic rings. The van der Waals surface area contributed by atoms with Gasteiger partial charge in [0.2, 0.25) is 5.91 Å². The maximum Gasteiger partial charge on any atom is 0.223 e. The SMILES string of the molecule is C=C1CN2C(=O)CC[C@]2(CO[Si](C)(C)C(C)(C)C)C1. The topological polar surface area (TPSA) is 29.5 Å². The van der Waals surface area contributed by atoms with Gasteiger partial charge in [-0.3, -0.25) is 4.79 Å². The zero-order valence-corrected chi connectivity index (χ0v) is 14.0. The number of nitrogens with zero attached hydrogens (tertiary/aromatic N) is 1. The van der Waals surface area contributed by atoms with Gasteiger partial charge in [0.25, 0.3) is 0 Å². The van der Waals surface area contributed by atoms with E-state index in [1.54, 1.807) is 0 Å². The Morgan fingerprint density at radius 3 is 2.63 bits per heavy atom. The third-order valence-corrected chi connectivity index (χ3v) is 9.62. The summed E-state index contributed by atoms with van der Waals surface area (Å²) in [6.45, 7) is 16.8. The molecule has 0 bridgehead atoms. The van der Waals surface area contributed by atoms with E-state index in [1.807, 2.05) is 4.90 Å². The number of rotatable bonds is 3. The van der Waals surface area contributed by atoms with E-state index in [1.165, 1.54) is 5.57 Å². The zero-order valence-electron chi connectivity index (χ0n) is 13.0. The molecule has 1 amide bonds. The van der Waals surface area contributed by atoms with Gasteiger partial charge in [0.15, 0.2) is 8.32 Å². The summed E-state index contributed by atoms with van der Waals surface area (Å²) in [5.41, 5.74) is 1.09. The van der Waals surface area contributed by atoms with Crippen LogP contribution in [0.3, 0.4) is 0 Å². The average molecular weight is 281 g/mol. The average Bonchev–Trinajstić information content (AvgIpc) is 2.73. The minimum absolute atomic E-state index is 0.0797. The first-order valence-corrected chi connectivity index (χ1v) is 10.1. The van der Waals surface area contributed by atoms with Crippen molar-refractivity contribution < 1.29 is 9.22 Å². The summed E-state index contributed by atoms with van der Waals surface area (Å²) < 4.78 is 6.38. The summed E-state index contributed by atoms with van der Waals surface area (Å²) in [5.74, 6) is 0.275. The lowest BCUT2D eigenvalue weighted by atomic mass is 9.94. The molecule has 2 heterocycles. The summed E-state index contributed by atoms with van der Waals surface area (Å²) in [4.78, 5) is 14.0. The number of hydrogen-bond acceptors (Lipinski definition) is 2. The van der Waals surface area contributed by atoms with E-state index < -0.39 is 8.32 Å². The summed E-state index contributed by atoms with van der Waals surface area (Å²) in [6.07, 6.45) is 2.53. The van der Waals surface area contributed by atoms with Crippen molar-refractivity contribution in [1.82, 2.24) is 4.90 Å². The monoisotopic (exact) mass is 281 g/mol. The van der Waals surface area contributed by atoms with Crippen LogP contribution in [0.2, 0.25) is 18.1 Å². The Labute approximate surface area is 118 Å². The van der Waals surface area contributed by atoms with Gasteiger partial charge in [-0.15, -0.1) is 0 Å². The Hall–Kier alpha value is -0.613. The van der Waals surface area contributed by atoms with E-state index in [9.17, 15) is 4.79 Å². The largest absolute Gasteiger partial charge is 0.414 e. The van der Waals surface area contributed by atoms with Crippen LogP contribution >= 0.6 is 0 Å². The minimum atomic E-state index is -1.75. The fourth-order valence-electron chi connectivity index (χ4n) is 2.79. The molecule has 2 aliphatic rings. The van der Waals surface area contributed by atoms with Crippen molar-refractivity contribution in [3.8, 4) is 0 Å². The van der Waals surface area contributed by atoms with Crippen molar-refractivity contribution >= 4 is 14.2 Å². The Morgan fingerprint density at radius 2 is 2.05 bits per heavy atom. The Morgan fingerprint density at radius 1 is 1.42 bits per heavy atom. The first-order chi connectivity index (χ1) is 8.57. The smallest absolute Gasteiger partial charge is 0.223 e. The van der Waals surface area contributed by atoms with Crippen molar-refractivity contribution in [3.05, 3.63) is 12.2 Å². The standard InChI is InChI=1S/C15H27NO2Si/c1-12-9-15(8-7-13(17)16(15)10-12)11-18-19(5,6)14(2,3)4/h1,7-11H2,2-6H3/t15-/m1/s1.